The molecule has 0 aliphatic carbocycles. The monoisotopic (exact) mass is 288 g/mol. The van der Waals surface area contributed by atoms with E-state index in [-0.39, 0.29) is 11.9 Å². The van der Waals surface area contributed by atoms with Gasteiger partial charge >= 0.3 is 5.97 Å². The van der Waals surface area contributed by atoms with Crippen LogP contribution in [0, 0.1) is 11.3 Å². The third-order valence-electron chi connectivity index (χ3n) is 3.11. The Bertz CT molecular complexity index is 367. The smallest absolute Gasteiger partial charge is 0.326 e. The Morgan fingerprint density at radius 3 is 2.65 bits per heavy atom. The average Bonchev–Trinajstić information content (AvgIpc) is 2.46. The van der Waals surface area contributed by atoms with E-state index in [4.69, 9.17) is 18.3 Å². The van der Waals surface area contributed by atoms with Crippen LogP contribution in [0.5, 0.6) is 0 Å². The van der Waals surface area contributed by atoms with Crippen molar-refractivity contribution in [2.75, 3.05) is 6.54 Å². The zero-order valence-corrected chi connectivity index (χ0v) is 11.9. The number of aliphatic carboxylic acids is 1. The third-order valence-corrected chi connectivity index (χ3v) is 3.11. The fraction of sp³-hybridized carbons (Fsp3) is 0.750. The van der Waals surface area contributed by atoms with Gasteiger partial charge in [0, 0.05) is 6.54 Å². The number of guanidine groups is 1. The predicted molar refractivity (Wildman–Crippen MR) is 76.1 cm³/mol. The SMILES string of the molecule is [2H]OC(=O)[C@@H](NC(=O)[C@@H](N)CCCNC(=N)N)[C@@H](C)CC. The van der Waals surface area contributed by atoms with Crippen molar-refractivity contribution in [3.8, 4) is 0 Å². The van der Waals surface area contributed by atoms with Crippen LogP contribution in [0.4, 0.5) is 0 Å². The summed E-state index contributed by atoms with van der Waals surface area (Å²) in [6, 6.07) is -1.65. The van der Waals surface area contributed by atoms with E-state index in [1.54, 1.807) is 6.92 Å². The number of carbonyl (C=O) groups excluding carboxylic acids is 1. The molecular formula is C12H25N5O3. The summed E-state index contributed by atoms with van der Waals surface area (Å²) in [5.74, 6) is -1.56. The van der Waals surface area contributed by atoms with Crippen molar-refractivity contribution in [1.29, 1.82) is 6.84 Å². The summed E-state index contributed by atoms with van der Waals surface area (Å²) in [6.07, 6.45) is 1.60. The molecule has 0 aliphatic heterocycles. The molecule has 1 amide bonds. The second-order valence-electron chi connectivity index (χ2n) is 4.78. The Balaban J connectivity index is 4.34. The van der Waals surface area contributed by atoms with Gasteiger partial charge in [-0.25, -0.2) is 4.79 Å². The number of rotatable bonds is 9. The van der Waals surface area contributed by atoms with Crippen molar-refractivity contribution in [2.45, 2.75) is 45.2 Å². The molecule has 0 spiro atoms. The molecule has 20 heavy (non-hydrogen) atoms. The molecule has 0 fully saturated rings. The van der Waals surface area contributed by atoms with Crippen LogP contribution in [0.1, 0.15) is 33.1 Å². The summed E-state index contributed by atoms with van der Waals surface area (Å²) in [7, 11) is 0. The molecule has 0 heterocycles. The van der Waals surface area contributed by atoms with Crippen LogP contribution in [-0.4, -0.2) is 41.6 Å². The molecular weight excluding hydrogens is 262 g/mol. The van der Waals surface area contributed by atoms with Gasteiger partial charge < -0.3 is 27.2 Å². The first-order chi connectivity index (χ1) is 9.83. The van der Waals surface area contributed by atoms with Crippen molar-refractivity contribution in [3.63, 3.8) is 0 Å². The Morgan fingerprint density at radius 1 is 1.50 bits per heavy atom. The van der Waals surface area contributed by atoms with E-state index >= 15 is 0 Å². The zero-order chi connectivity index (χ0) is 16.4. The Morgan fingerprint density at radius 2 is 2.15 bits per heavy atom. The van der Waals surface area contributed by atoms with Crippen molar-refractivity contribution < 1.29 is 14.7 Å². The minimum Gasteiger partial charge on any atom is -0.480 e. The summed E-state index contributed by atoms with van der Waals surface area (Å²) in [5, 5.41) is 16.1. The number of carboxylic acid groups (broad SMARTS) is 1. The maximum absolute atomic E-state index is 11.9. The van der Waals surface area contributed by atoms with E-state index < -0.39 is 24.0 Å². The molecule has 0 rings (SSSR count). The van der Waals surface area contributed by atoms with Gasteiger partial charge in [-0.1, -0.05) is 20.3 Å². The molecule has 8 nitrogen and oxygen atoms in total. The van der Waals surface area contributed by atoms with Crippen molar-refractivity contribution >= 4 is 17.8 Å². The van der Waals surface area contributed by atoms with Gasteiger partial charge in [0.05, 0.1) is 6.04 Å². The Labute approximate surface area is 120 Å². The van der Waals surface area contributed by atoms with Gasteiger partial charge in [-0.3, -0.25) is 10.2 Å². The Hall–Kier alpha value is -1.83. The fourth-order valence-electron chi connectivity index (χ4n) is 1.61. The van der Waals surface area contributed by atoms with Crippen LogP contribution >= 0.6 is 0 Å². The first-order valence-corrected chi connectivity index (χ1v) is 6.64. The van der Waals surface area contributed by atoms with E-state index in [2.05, 4.69) is 15.7 Å². The summed E-state index contributed by atoms with van der Waals surface area (Å²) in [4.78, 5) is 23.4. The molecule has 0 aliphatic rings. The lowest BCUT2D eigenvalue weighted by molar-refractivity contribution is -0.143. The summed E-state index contributed by atoms with van der Waals surface area (Å²) < 4.78 is 6.66. The lowest BCUT2D eigenvalue weighted by atomic mass is 9.98. The minimum absolute atomic E-state index is 0.136. The molecule has 8 N–H and O–H groups in total. The second kappa shape index (κ2) is 9.13. The molecule has 0 radical (unpaired) electrons. The van der Waals surface area contributed by atoms with E-state index in [1.165, 1.54) is 0 Å². The third kappa shape index (κ3) is 6.93. The lowest BCUT2D eigenvalue weighted by Crippen LogP contribution is -2.51. The number of carbonyl (C=O) groups is 2. The maximum Gasteiger partial charge on any atom is 0.326 e. The van der Waals surface area contributed by atoms with E-state index in [0.29, 0.717) is 25.8 Å². The van der Waals surface area contributed by atoms with E-state index in [1.807, 2.05) is 6.92 Å². The standard InChI is InChI=1S/C12H25N5O3/c1-3-7(2)9(11(19)20)17-10(18)8(13)5-4-6-16-12(14)15/h7-9H,3-6,13H2,1-2H3,(H,17,18)(H,19,20)(H4,14,15,16)/t7-,8-,9-/m0/s1/i/hD. The fourth-order valence-corrected chi connectivity index (χ4v) is 1.61. The molecule has 116 valence electrons. The topological polar surface area (TPSA) is 154 Å². The first kappa shape index (κ1) is 16.2. The van der Waals surface area contributed by atoms with Gasteiger partial charge in [0.2, 0.25) is 5.91 Å². The molecule has 0 aromatic carbocycles. The molecule has 0 saturated heterocycles. The largest absolute Gasteiger partial charge is 0.480 e. The number of amides is 1. The highest BCUT2D eigenvalue weighted by Gasteiger charge is 2.27. The highest BCUT2D eigenvalue weighted by molar-refractivity contribution is 5.86. The van der Waals surface area contributed by atoms with E-state index in [9.17, 15) is 9.59 Å². The van der Waals surface area contributed by atoms with Crippen LogP contribution in [0.2, 0.25) is 0 Å². The lowest BCUT2D eigenvalue weighted by Gasteiger charge is -2.22. The van der Waals surface area contributed by atoms with Gasteiger partial charge in [0.1, 0.15) is 6.04 Å². The van der Waals surface area contributed by atoms with Crippen LogP contribution in [0.3, 0.4) is 0 Å². The number of nitrogens with two attached hydrogens (primary N) is 2. The number of hydrogen-bond acceptors (Lipinski definition) is 5. The van der Waals surface area contributed by atoms with Gasteiger partial charge in [0.15, 0.2) is 5.96 Å². The van der Waals surface area contributed by atoms with Crippen molar-refractivity contribution in [3.05, 3.63) is 0 Å². The van der Waals surface area contributed by atoms with Gasteiger partial charge in [-0.05, 0) is 18.8 Å². The molecule has 0 saturated carbocycles. The quantitative estimate of drug-likeness (QED) is 0.185. The van der Waals surface area contributed by atoms with Crippen molar-refractivity contribution in [1.82, 2.24) is 10.6 Å². The molecule has 0 bridgehead atoms. The Kier molecular flexibility index (Phi) is 7.41. The van der Waals surface area contributed by atoms with Crippen LogP contribution < -0.4 is 22.1 Å². The van der Waals surface area contributed by atoms with Gasteiger partial charge in [-0.15, -0.1) is 0 Å². The average molecular weight is 288 g/mol. The molecule has 0 unspecified atom stereocenters. The summed E-state index contributed by atoms with van der Waals surface area (Å²) in [6.45, 7) is 4.10. The molecule has 3 atom stereocenters. The first-order valence-electron chi connectivity index (χ1n) is 7.05. The molecule has 0 aromatic rings. The summed E-state index contributed by atoms with van der Waals surface area (Å²) in [5.41, 5.74) is 10.9. The highest BCUT2D eigenvalue weighted by Crippen LogP contribution is 2.08. The molecule has 8 heteroatoms. The van der Waals surface area contributed by atoms with Crippen LogP contribution in [-0.2, 0) is 9.59 Å². The zero-order valence-electron chi connectivity index (χ0n) is 12.9. The number of nitrogens with one attached hydrogen (secondary N) is 3. The van der Waals surface area contributed by atoms with Crippen LogP contribution in [0.15, 0.2) is 0 Å². The van der Waals surface area contributed by atoms with Gasteiger partial charge in [-0.2, -0.15) is 0 Å². The second-order valence-corrected chi connectivity index (χ2v) is 4.78. The number of hydrogen-bond donors (Lipinski definition) is 6. The summed E-state index contributed by atoms with van der Waals surface area (Å²) >= 11 is 0. The normalized spacial score (nSPS) is 15.4. The highest BCUT2D eigenvalue weighted by atomic mass is 16.4. The minimum atomic E-state index is -0.874. The van der Waals surface area contributed by atoms with E-state index in [0.717, 1.165) is 0 Å². The van der Waals surface area contributed by atoms with Crippen molar-refractivity contribution in [2.24, 2.45) is 17.4 Å². The number of carboxylic acids is 1. The molecule has 0 aromatic heterocycles. The predicted octanol–water partition coefficient (Wildman–Crippen LogP) is -0.808. The van der Waals surface area contributed by atoms with Crippen LogP contribution in [0.25, 0.3) is 1.43 Å². The van der Waals surface area contributed by atoms with Gasteiger partial charge in [0.25, 0.3) is 1.43 Å². The maximum atomic E-state index is 11.9.